The van der Waals surface area contributed by atoms with E-state index in [-0.39, 0.29) is 11.4 Å². The Kier molecular flexibility index (Phi) is 3.63. The van der Waals surface area contributed by atoms with E-state index in [0.29, 0.717) is 11.6 Å². The Morgan fingerprint density at radius 1 is 1.39 bits per heavy atom. The largest absolute Gasteiger partial charge is 0.495 e. The van der Waals surface area contributed by atoms with Gasteiger partial charge in [0.05, 0.1) is 13.7 Å². The van der Waals surface area contributed by atoms with Gasteiger partial charge in [-0.25, -0.2) is 18.1 Å². The number of rotatable bonds is 5. The molecule has 0 atom stereocenters. The van der Waals surface area contributed by atoms with E-state index in [1.54, 1.807) is 30.6 Å². The third-order valence-corrected chi connectivity index (χ3v) is 3.78. The molecule has 96 valence electrons. The highest BCUT2D eigenvalue weighted by molar-refractivity contribution is 7.89. The van der Waals surface area contributed by atoms with Crippen LogP contribution in [0.15, 0.2) is 41.6 Å². The molecular formula is C11H13N3O3S. The minimum Gasteiger partial charge on any atom is -0.495 e. The first-order chi connectivity index (χ1) is 8.63. The highest BCUT2D eigenvalue weighted by Gasteiger charge is 2.18. The van der Waals surface area contributed by atoms with Gasteiger partial charge in [-0.3, -0.25) is 0 Å². The summed E-state index contributed by atoms with van der Waals surface area (Å²) in [4.78, 5) is 6.87. The lowest BCUT2D eigenvalue weighted by Crippen LogP contribution is -2.24. The van der Waals surface area contributed by atoms with Gasteiger partial charge in [0.1, 0.15) is 16.5 Å². The summed E-state index contributed by atoms with van der Waals surface area (Å²) in [7, 11) is -2.18. The smallest absolute Gasteiger partial charge is 0.244 e. The van der Waals surface area contributed by atoms with Crippen LogP contribution in [0.5, 0.6) is 5.75 Å². The average molecular weight is 267 g/mol. The molecule has 2 aromatic rings. The van der Waals surface area contributed by atoms with Crippen molar-refractivity contribution in [3.05, 3.63) is 42.5 Å². The molecule has 0 aliphatic carbocycles. The number of hydrogen-bond donors (Lipinski definition) is 2. The number of aromatic nitrogens is 2. The summed E-state index contributed by atoms with van der Waals surface area (Å²) in [5, 5.41) is 0. The predicted molar refractivity (Wildman–Crippen MR) is 65.6 cm³/mol. The lowest BCUT2D eigenvalue weighted by atomic mass is 10.3. The van der Waals surface area contributed by atoms with Gasteiger partial charge in [0.25, 0.3) is 0 Å². The molecular weight excluding hydrogens is 254 g/mol. The fraction of sp³-hybridized carbons (Fsp3) is 0.182. The lowest BCUT2D eigenvalue weighted by molar-refractivity contribution is 0.402. The number of benzene rings is 1. The molecule has 0 spiro atoms. The first kappa shape index (κ1) is 12.6. The molecule has 0 amide bonds. The Labute approximate surface area is 105 Å². The second-order valence-electron chi connectivity index (χ2n) is 3.51. The molecule has 2 N–H and O–H groups in total. The third-order valence-electron chi connectivity index (χ3n) is 2.34. The van der Waals surface area contributed by atoms with E-state index >= 15 is 0 Å². The molecule has 0 saturated carbocycles. The van der Waals surface area contributed by atoms with Crippen LogP contribution >= 0.6 is 0 Å². The van der Waals surface area contributed by atoms with Gasteiger partial charge in [0.2, 0.25) is 10.0 Å². The number of nitrogens with one attached hydrogen (secondary N) is 2. The average Bonchev–Trinajstić information content (AvgIpc) is 2.89. The van der Waals surface area contributed by atoms with Crippen molar-refractivity contribution in [3.63, 3.8) is 0 Å². The van der Waals surface area contributed by atoms with Gasteiger partial charge in [-0.05, 0) is 12.1 Å². The number of aromatic amines is 1. The van der Waals surface area contributed by atoms with Crippen molar-refractivity contribution in [3.8, 4) is 5.75 Å². The number of ether oxygens (including phenoxy) is 1. The molecule has 1 heterocycles. The minimum atomic E-state index is -3.61. The van der Waals surface area contributed by atoms with Crippen LogP contribution in [0.3, 0.4) is 0 Å². The SMILES string of the molecule is COc1ccccc1S(=O)(=O)NCc1ncc[nH]1. The summed E-state index contributed by atoms with van der Waals surface area (Å²) in [5.41, 5.74) is 0. The van der Waals surface area contributed by atoms with E-state index in [0.717, 1.165) is 0 Å². The maximum atomic E-state index is 12.1. The number of hydrogen-bond acceptors (Lipinski definition) is 4. The third kappa shape index (κ3) is 2.69. The molecule has 0 aliphatic rings. The highest BCUT2D eigenvalue weighted by Crippen LogP contribution is 2.22. The summed E-state index contributed by atoms with van der Waals surface area (Å²) in [5.74, 6) is 0.859. The fourth-order valence-corrected chi connectivity index (χ4v) is 2.63. The Bertz CT molecular complexity index is 608. The first-order valence-electron chi connectivity index (χ1n) is 5.24. The molecule has 0 saturated heterocycles. The Morgan fingerprint density at radius 2 is 2.17 bits per heavy atom. The Morgan fingerprint density at radius 3 is 2.83 bits per heavy atom. The van der Waals surface area contributed by atoms with E-state index in [9.17, 15) is 8.42 Å². The summed E-state index contributed by atoms with van der Waals surface area (Å²) in [6, 6.07) is 6.44. The minimum absolute atomic E-state index is 0.105. The van der Waals surface area contributed by atoms with Gasteiger partial charge in [-0.2, -0.15) is 0 Å². The molecule has 2 rings (SSSR count). The number of para-hydroxylation sites is 1. The van der Waals surface area contributed by atoms with Crippen molar-refractivity contribution in [2.24, 2.45) is 0 Å². The molecule has 0 unspecified atom stereocenters. The molecule has 0 fully saturated rings. The summed E-state index contributed by atoms with van der Waals surface area (Å²) >= 11 is 0. The van der Waals surface area contributed by atoms with Gasteiger partial charge >= 0.3 is 0 Å². The van der Waals surface area contributed by atoms with Gasteiger partial charge in [0, 0.05) is 12.4 Å². The molecule has 7 heteroatoms. The predicted octanol–water partition coefficient (Wildman–Crippen LogP) is 0.897. The van der Waals surface area contributed by atoms with Crippen LogP contribution in [0.4, 0.5) is 0 Å². The van der Waals surface area contributed by atoms with Crippen molar-refractivity contribution in [2.75, 3.05) is 7.11 Å². The van der Waals surface area contributed by atoms with Gasteiger partial charge < -0.3 is 9.72 Å². The monoisotopic (exact) mass is 267 g/mol. The second kappa shape index (κ2) is 5.19. The van der Waals surface area contributed by atoms with Crippen LogP contribution in [0.25, 0.3) is 0 Å². The number of H-pyrrole nitrogens is 1. The number of sulfonamides is 1. The standard InChI is InChI=1S/C11H13N3O3S/c1-17-9-4-2-3-5-10(9)18(15,16)14-8-11-12-6-7-13-11/h2-7,14H,8H2,1H3,(H,12,13). The van der Waals surface area contributed by atoms with Crippen LogP contribution in [-0.2, 0) is 16.6 Å². The lowest BCUT2D eigenvalue weighted by Gasteiger charge is -2.09. The number of methoxy groups -OCH3 is 1. The van der Waals surface area contributed by atoms with Crippen LogP contribution in [0.2, 0.25) is 0 Å². The van der Waals surface area contributed by atoms with Gasteiger partial charge in [0.15, 0.2) is 0 Å². The zero-order chi connectivity index (χ0) is 13.0. The first-order valence-corrected chi connectivity index (χ1v) is 6.73. The van der Waals surface area contributed by atoms with Gasteiger partial charge in [-0.1, -0.05) is 12.1 Å². The van der Waals surface area contributed by atoms with Gasteiger partial charge in [-0.15, -0.1) is 0 Å². The van der Waals surface area contributed by atoms with E-state index in [2.05, 4.69) is 14.7 Å². The van der Waals surface area contributed by atoms with E-state index in [1.807, 2.05) is 0 Å². The topological polar surface area (TPSA) is 84.1 Å². The van der Waals surface area contributed by atoms with Crippen molar-refractivity contribution in [1.82, 2.24) is 14.7 Å². The van der Waals surface area contributed by atoms with Crippen LogP contribution in [0, 0.1) is 0 Å². The van der Waals surface area contributed by atoms with Crippen LogP contribution < -0.4 is 9.46 Å². The summed E-state index contributed by atoms with van der Waals surface area (Å²) in [6.45, 7) is 0.105. The summed E-state index contributed by atoms with van der Waals surface area (Å²) < 4.78 is 31.6. The normalized spacial score (nSPS) is 11.4. The van der Waals surface area contributed by atoms with E-state index < -0.39 is 10.0 Å². The van der Waals surface area contributed by atoms with E-state index in [1.165, 1.54) is 13.2 Å². The highest BCUT2D eigenvalue weighted by atomic mass is 32.2. The quantitative estimate of drug-likeness (QED) is 0.843. The van der Waals surface area contributed by atoms with Crippen molar-refractivity contribution < 1.29 is 13.2 Å². The molecule has 1 aromatic heterocycles. The number of imidazole rings is 1. The van der Waals surface area contributed by atoms with Crippen LogP contribution in [-0.4, -0.2) is 25.5 Å². The molecule has 6 nitrogen and oxygen atoms in total. The maximum absolute atomic E-state index is 12.1. The van der Waals surface area contributed by atoms with Crippen LogP contribution in [0.1, 0.15) is 5.82 Å². The molecule has 0 aliphatic heterocycles. The molecule has 0 bridgehead atoms. The van der Waals surface area contributed by atoms with Crippen molar-refractivity contribution >= 4 is 10.0 Å². The molecule has 1 aromatic carbocycles. The Hall–Kier alpha value is -1.86. The van der Waals surface area contributed by atoms with Crippen molar-refractivity contribution in [2.45, 2.75) is 11.4 Å². The zero-order valence-corrected chi connectivity index (χ0v) is 10.6. The second-order valence-corrected chi connectivity index (χ2v) is 5.25. The fourth-order valence-electron chi connectivity index (χ4n) is 1.48. The maximum Gasteiger partial charge on any atom is 0.244 e. The molecule has 0 radical (unpaired) electrons. The summed E-state index contributed by atoms with van der Waals surface area (Å²) in [6.07, 6.45) is 3.19. The molecule has 18 heavy (non-hydrogen) atoms. The van der Waals surface area contributed by atoms with E-state index in [4.69, 9.17) is 4.74 Å². The Balaban J connectivity index is 2.20. The van der Waals surface area contributed by atoms with Crippen molar-refractivity contribution in [1.29, 1.82) is 0 Å². The zero-order valence-electron chi connectivity index (χ0n) is 9.75. The number of nitrogens with zero attached hydrogens (tertiary/aromatic N) is 1.